The molecule has 0 unspecified atom stereocenters. The van der Waals surface area contributed by atoms with Gasteiger partial charge in [0.2, 0.25) is 0 Å². The molecule has 0 amide bonds. The Morgan fingerprint density at radius 3 is 2.84 bits per heavy atom. The Balaban J connectivity index is 2.06. The van der Waals surface area contributed by atoms with E-state index in [2.05, 4.69) is 0 Å². The van der Waals surface area contributed by atoms with E-state index in [0.29, 0.717) is 11.1 Å². The van der Waals surface area contributed by atoms with Gasteiger partial charge in [-0.05, 0) is 25.0 Å². The third kappa shape index (κ3) is 2.19. The van der Waals surface area contributed by atoms with E-state index in [-0.39, 0.29) is 28.8 Å². The van der Waals surface area contributed by atoms with Crippen molar-refractivity contribution in [2.24, 2.45) is 5.92 Å². The predicted octanol–water partition coefficient (Wildman–Crippen LogP) is 2.12. The number of esters is 1. The normalized spacial score (nSPS) is 14.4. The average molecular weight is 260 g/mol. The summed E-state index contributed by atoms with van der Waals surface area (Å²) in [6.45, 7) is 0. The monoisotopic (exact) mass is 260 g/mol. The molecule has 1 heterocycles. The second-order valence-corrected chi connectivity index (χ2v) is 4.46. The first kappa shape index (κ1) is 11.8. The zero-order valence-electron chi connectivity index (χ0n) is 10.3. The van der Waals surface area contributed by atoms with Crippen LogP contribution in [-0.2, 0) is 4.79 Å². The fourth-order valence-electron chi connectivity index (χ4n) is 1.84. The highest BCUT2D eigenvalue weighted by Crippen LogP contribution is 2.32. The summed E-state index contributed by atoms with van der Waals surface area (Å²) in [5.74, 6) is -0.0612. The van der Waals surface area contributed by atoms with Crippen LogP contribution in [0.4, 0.5) is 0 Å². The van der Waals surface area contributed by atoms with Crippen LogP contribution in [0.3, 0.4) is 0 Å². The minimum atomic E-state index is -0.350. The summed E-state index contributed by atoms with van der Waals surface area (Å²) < 4.78 is 15.6. The van der Waals surface area contributed by atoms with Gasteiger partial charge in [-0.3, -0.25) is 9.59 Å². The summed E-state index contributed by atoms with van der Waals surface area (Å²) in [4.78, 5) is 23.5. The smallest absolute Gasteiger partial charge is 0.316 e. The summed E-state index contributed by atoms with van der Waals surface area (Å²) in [5, 5.41) is 0.394. The second kappa shape index (κ2) is 4.42. The van der Waals surface area contributed by atoms with Crippen LogP contribution in [0.5, 0.6) is 11.7 Å². The molecule has 0 bridgehead atoms. The van der Waals surface area contributed by atoms with Crippen LogP contribution in [0.2, 0.25) is 0 Å². The van der Waals surface area contributed by atoms with Crippen molar-refractivity contribution in [3.63, 3.8) is 0 Å². The lowest BCUT2D eigenvalue weighted by Gasteiger charge is -2.06. The summed E-state index contributed by atoms with van der Waals surface area (Å²) in [5.41, 5.74) is 0.0230. The van der Waals surface area contributed by atoms with Crippen molar-refractivity contribution in [1.29, 1.82) is 0 Å². The second-order valence-electron chi connectivity index (χ2n) is 4.46. The Morgan fingerprint density at radius 2 is 2.16 bits per heavy atom. The van der Waals surface area contributed by atoms with Gasteiger partial charge in [-0.1, -0.05) is 6.07 Å². The molecule has 5 heteroatoms. The highest BCUT2D eigenvalue weighted by atomic mass is 16.6. The minimum absolute atomic E-state index is 0.0568. The van der Waals surface area contributed by atoms with Gasteiger partial charge in [0, 0.05) is 0 Å². The fraction of sp³-hybridized carbons (Fsp3) is 0.286. The van der Waals surface area contributed by atoms with E-state index in [4.69, 9.17) is 13.9 Å². The topological polar surface area (TPSA) is 65.7 Å². The summed E-state index contributed by atoms with van der Waals surface area (Å²) in [6, 6.07) is 6.20. The largest absolute Gasteiger partial charge is 0.493 e. The van der Waals surface area contributed by atoms with Gasteiger partial charge >= 0.3 is 5.97 Å². The predicted molar refractivity (Wildman–Crippen MR) is 67.4 cm³/mol. The van der Waals surface area contributed by atoms with Crippen LogP contribution >= 0.6 is 0 Å². The van der Waals surface area contributed by atoms with Gasteiger partial charge in [0.15, 0.2) is 16.8 Å². The first-order valence-corrected chi connectivity index (χ1v) is 6.01. The van der Waals surface area contributed by atoms with Crippen molar-refractivity contribution in [3.8, 4) is 11.7 Å². The summed E-state index contributed by atoms with van der Waals surface area (Å²) in [6.07, 6.45) is 1.67. The molecule has 1 saturated carbocycles. The van der Waals surface area contributed by atoms with E-state index in [1.165, 1.54) is 13.2 Å². The maximum Gasteiger partial charge on any atom is 0.316 e. The van der Waals surface area contributed by atoms with Gasteiger partial charge in [0.05, 0.1) is 24.5 Å². The first-order chi connectivity index (χ1) is 9.19. The number of fused-ring (bicyclic) bond motifs is 1. The molecule has 0 aliphatic heterocycles. The number of hydrogen-bond donors (Lipinski definition) is 0. The van der Waals surface area contributed by atoms with Crippen LogP contribution in [0.15, 0.2) is 33.5 Å². The number of para-hydroxylation sites is 1. The van der Waals surface area contributed by atoms with Crippen LogP contribution in [-0.4, -0.2) is 13.1 Å². The molecule has 1 aliphatic rings. The van der Waals surface area contributed by atoms with Gasteiger partial charge in [-0.25, -0.2) is 0 Å². The molecule has 2 aromatic rings. The van der Waals surface area contributed by atoms with Crippen LogP contribution in [0.25, 0.3) is 11.0 Å². The Kier molecular flexibility index (Phi) is 2.74. The molecule has 0 saturated heterocycles. The van der Waals surface area contributed by atoms with Crippen LogP contribution in [0, 0.1) is 5.92 Å². The standard InChI is InChI=1S/C14H12O5/c1-17-11-4-2-3-9-10(15)7-12(18-13(9)11)19-14(16)8-5-6-8/h2-4,7-8H,5-6H2,1H3. The van der Waals surface area contributed by atoms with E-state index in [1.807, 2.05) is 0 Å². The molecule has 1 aromatic heterocycles. The lowest BCUT2D eigenvalue weighted by molar-refractivity contribution is -0.136. The molecule has 1 fully saturated rings. The number of carbonyl (C=O) groups excluding carboxylic acids is 1. The van der Waals surface area contributed by atoms with Crippen molar-refractivity contribution >= 4 is 16.9 Å². The fourth-order valence-corrected chi connectivity index (χ4v) is 1.84. The highest BCUT2D eigenvalue weighted by Gasteiger charge is 2.32. The van der Waals surface area contributed by atoms with E-state index >= 15 is 0 Å². The van der Waals surface area contributed by atoms with E-state index in [0.717, 1.165) is 12.8 Å². The lowest BCUT2D eigenvalue weighted by Crippen LogP contribution is -2.11. The third-order valence-corrected chi connectivity index (χ3v) is 3.03. The van der Waals surface area contributed by atoms with E-state index in [9.17, 15) is 9.59 Å². The maximum absolute atomic E-state index is 11.9. The number of carbonyl (C=O) groups is 1. The van der Waals surface area contributed by atoms with Gasteiger partial charge in [-0.15, -0.1) is 0 Å². The molecule has 3 rings (SSSR count). The summed E-state index contributed by atoms with van der Waals surface area (Å²) >= 11 is 0. The third-order valence-electron chi connectivity index (χ3n) is 3.03. The molecule has 19 heavy (non-hydrogen) atoms. The molecule has 5 nitrogen and oxygen atoms in total. The first-order valence-electron chi connectivity index (χ1n) is 6.01. The number of hydrogen-bond acceptors (Lipinski definition) is 5. The number of rotatable bonds is 3. The van der Waals surface area contributed by atoms with Crippen molar-refractivity contribution in [2.75, 3.05) is 7.11 Å². The van der Waals surface area contributed by atoms with Gasteiger partial charge in [0.25, 0.3) is 5.95 Å². The van der Waals surface area contributed by atoms with Crippen molar-refractivity contribution < 1.29 is 18.7 Å². The Bertz CT molecular complexity index is 697. The van der Waals surface area contributed by atoms with Crippen molar-refractivity contribution in [2.45, 2.75) is 12.8 Å². The van der Waals surface area contributed by atoms with Crippen molar-refractivity contribution in [3.05, 3.63) is 34.5 Å². The molecule has 1 aromatic carbocycles. The molecule has 0 radical (unpaired) electrons. The van der Waals surface area contributed by atoms with E-state index < -0.39 is 0 Å². The SMILES string of the molecule is COc1cccc2c(=O)cc(OC(=O)C3CC3)oc12. The van der Waals surface area contributed by atoms with Crippen molar-refractivity contribution in [1.82, 2.24) is 0 Å². The van der Waals surface area contributed by atoms with Crippen LogP contribution < -0.4 is 14.9 Å². The number of benzene rings is 1. The molecule has 0 N–H and O–H groups in total. The zero-order valence-corrected chi connectivity index (χ0v) is 10.3. The Labute approximate surface area is 108 Å². The minimum Gasteiger partial charge on any atom is -0.493 e. The number of methoxy groups -OCH3 is 1. The van der Waals surface area contributed by atoms with E-state index in [1.54, 1.807) is 18.2 Å². The Morgan fingerprint density at radius 1 is 1.37 bits per heavy atom. The molecular weight excluding hydrogens is 248 g/mol. The maximum atomic E-state index is 11.9. The van der Waals surface area contributed by atoms with Gasteiger partial charge in [0.1, 0.15) is 0 Å². The molecule has 0 spiro atoms. The highest BCUT2D eigenvalue weighted by molar-refractivity contribution is 5.83. The molecular formula is C14H12O5. The Hall–Kier alpha value is -2.30. The van der Waals surface area contributed by atoms with Gasteiger partial charge < -0.3 is 13.9 Å². The number of ether oxygens (including phenoxy) is 2. The average Bonchev–Trinajstić information content (AvgIpc) is 3.22. The molecule has 98 valence electrons. The lowest BCUT2D eigenvalue weighted by atomic mass is 10.2. The van der Waals surface area contributed by atoms with Gasteiger partial charge in [-0.2, -0.15) is 0 Å². The zero-order chi connectivity index (χ0) is 13.4. The summed E-state index contributed by atoms with van der Waals surface area (Å²) in [7, 11) is 1.48. The molecule has 0 atom stereocenters. The molecule has 1 aliphatic carbocycles. The quantitative estimate of drug-likeness (QED) is 0.791. The van der Waals surface area contributed by atoms with Crippen LogP contribution in [0.1, 0.15) is 12.8 Å².